The fourth-order valence-electron chi connectivity index (χ4n) is 4.57. The lowest BCUT2D eigenvalue weighted by Crippen LogP contribution is -2.52. The fraction of sp³-hybridized carbons (Fsp3) is 0.231. The largest absolute Gasteiger partial charge is 0.490 e. The second-order valence-electron chi connectivity index (χ2n) is 9.56. The molecule has 1 saturated heterocycles. The first-order valence-corrected chi connectivity index (χ1v) is 12.6. The van der Waals surface area contributed by atoms with Crippen molar-refractivity contribution >= 4 is 40.8 Å². The first-order valence-electron chi connectivity index (χ1n) is 12.6. The van der Waals surface area contributed by atoms with Gasteiger partial charge in [0.1, 0.15) is 11.9 Å². The highest BCUT2D eigenvalue weighted by molar-refractivity contribution is 6.05. The number of carbonyl (C=O) groups excluding carboxylic acids is 4. The fourth-order valence-corrected chi connectivity index (χ4v) is 4.57. The van der Waals surface area contributed by atoms with Gasteiger partial charge in [-0.1, -0.05) is 11.3 Å². The van der Waals surface area contributed by atoms with Crippen molar-refractivity contribution in [1.82, 2.24) is 34.6 Å². The van der Waals surface area contributed by atoms with Crippen LogP contribution in [0.1, 0.15) is 45.1 Å². The molecule has 0 radical (unpaired) electrons. The van der Waals surface area contributed by atoms with Crippen LogP contribution in [0.25, 0.3) is 11.2 Å². The van der Waals surface area contributed by atoms with E-state index in [0.29, 0.717) is 23.4 Å². The number of alkyl halides is 3. The van der Waals surface area contributed by atoms with Gasteiger partial charge in [0.2, 0.25) is 11.8 Å². The summed E-state index contributed by atoms with van der Waals surface area (Å²) in [6, 6.07) is 8.17. The minimum absolute atomic E-state index is 0.106. The molecule has 0 saturated carbocycles. The van der Waals surface area contributed by atoms with Gasteiger partial charge in [-0.25, -0.2) is 14.5 Å². The molecule has 1 atom stereocenters. The van der Waals surface area contributed by atoms with E-state index < -0.39 is 30.0 Å². The molecule has 2 aliphatic rings. The van der Waals surface area contributed by atoms with Crippen LogP contribution < -0.4 is 10.6 Å². The summed E-state index contributed by atoms with van der Waals surface area (Å²) in [5.74, 6) is -3.46. The Kier molecular flexibility index (Phi) is 7.39. The van der Waals surface area contributed by atoms with E-state index in [-0.39, 0.29) is 30.5 Å². The van der Waals surface area contributed by atoms with Crippen molar-refractivity contribution in [2.75, 3.05) is 5.32 Å². The molecule has 0 bridgehead atoms. The van der Waals surface area contributed by atoms with Crippen LogP contribution in [0.15, 0.2) is 48.9 Å². The van der Waals surface area contributed by atoms with Crippen LogP contribution in [0.4, 0.5) is 18.9 Å². The van der Waals surface area contributed by atoms with Crippen molar-refractivity contribution in [2.24, 2.45) is 0 Å². The summed E-state index contributed by atoms with van der Waals surface area (Å²) in [7, 11) is 0. The number of nitrogens with one attached hydrogen (secondary N) is 2. The number of anilines is 1. The lowest BCUT2D eigenvalue weighted by Gasteiger charge is -2.29. The predicted molar refractivity (Wildman–Crippen MR) is 139 cm³/mol. The smallest absolute Gasteiger partial charge is 0.475 e. The Hall–Kier alpha value is -5.61. The number of aliphatic carboxylic acids is 1. The number of halogens is 3. The topological polar surface area (TPSA) is 181 Å². The zero-order valence-electron chi connectivity index (χ0n) is 22.1. The van der Waals surface area contributed by atoms with Gasteiger partial charge >= 0.3 is 12.1 Å². The first kappa shape index (κ1) is 28.9. The molecule has 0 aliphatic carbocycles. The summed E-state index contributed by atoms with van der Waals surface area (Å²) in [4.78, 5) is 64.2. The van der Waals surface area contributed by atoms with Crippen LogP contribution in [0, 0.1) is 6.92 Å². The number of aromatic nitrogens is 5. The molecule has 3 N–H and O–H groups in total. The van der Waals surface area contributed by atoms with Crippen molar-refractivity contribution in [2.45, 2.75) is 38.5 Å². The van der Waals surface area contributed by atoms with Gasteiger partial charge in [-0.05, 0) is 43.2 Å². The number of hydrogen-bond acceptors (Lipinski definition) is 8. The Bertz CT molecular complexity index is 1800. The third-order valence-corrected chi connectivity index (χ3v) is 6.71. The maximum absolute atomic E-state index is 13.1. The number of pyridine rings is 1. The van der Waals surface area contributed by atoms with E-state index in [2.05, 4.69) is 25.9 Å². The zero-order chi connectivity index (χ0) is 31.1. The number of carbonyl (C=O) groups is 5. The van der Waals surface area contributed by atoms with Gasteiger partial charge in [-0.3, -0.25) is 24.5 Å². The van der Waals surface area contributed by atoms with E-state index >= 15 is 0 Å². The SMILES string of the molecule is Cc1ncc2ccc(NC(=O)c3cn(-c4ccc5c(c4)C(=O)N(C4CCC(=O)NC4=O)C5)nn3)cn12.O=C(O)C(F)(F)F. The third-order valence-electron chi connectivity index (χ3n) is 6.71. The van der Waals surface area contributed by atoms with Gasteiger partial charge in [0, 0.05) is 24.7 Å². The van der Waals surface area contributed by atoms with E-state index in [0.717, 1.165) is 16.9 Å². The summed E-state index contributed by atoms with van der Waals surface area (Å²) in [6.45, 7) is 2.15. The summed E-state index contributed by atoms with van der Waals surface area (Å²) >= 11 is 0. The Balaban J connectivity index is 0.000000472. The Labute approximate surface area is 239 Å². The number of rotatable bonds is 4. The standard InChI is InChI=1S/C24H20N8O4.C2HF3O2/c1-13-25-9-17-5-3-15(11-30(13)17)26-22(34)19-12-32(29-28-19)16-4-2-14-10-31(24(36)18(14)8-16)20-6-7-21(33)27-23(20)35;3-2(4,5)1(6)7/h2-5,8-9,11-12,20H,6-7,10H2,1H3,(H,26,34)(H,27,33,35);(H,6,7). The second-order valence-corrected chi connectivity index (χ2v) is 9.56. The number of fused-ring (bicyclic) bond motifs is 2. The van der Waals surface area contributed by atoms with E-state index in [1.165, 1.54) is 15.8 Å². The Morgan fingerprint density at radius 2 is 1.86 bits per heavy atom. The number of amides is 4. The lowest BCUT2D eigenvalue weighted by atomic mass is 10.0. The van der Waals surface area contributed by atoms with E-state index in [4.69, 9.17) is 9.90 Å². The van der Waals surface area contributed by atoms with Crippen LogP contribution in [0.3, 0.4) is 0 Å². The Morgan fingerprint density at radius 3 is 2.56 bits per heavy atom. The molecule has 17 heteroatoms. The quantitative estimate of drug-likeness (QED) is 0.296. The number of carboxylic acids is 1. The average Bonchev–Trinajstić information content (AvgIpc) is 3.67. The summed E-state index contributed by atoms with van der Waals surface area (Å²) in [5, 5.41) is 20.3. The van der Waals surface area contributed by atoms with Crippen molar-refractivity contribution < 1.29 is 42.3 Å². The third kappa shape index (κ3) is 5.90. The summed E-state index contributed by atoms with van der Waals surface area (Å²) < 4.78 is 35.0. The summed E-state index contributed by atoms with van der Waals surface area (Å²) in [5.41, 5.74) is 3.38. The predicted octanol–water partition coefficient (Wildman–Crippen LogP) is 1.87. The second kappa shape index (κ2) is 11.0. The van der Waals surface area contributed by atoms with Crippen molar-refractivity contribution in [1.29, 1.82) is 0 Å². The molecule has 4 aromatic rings. The van der Waals surface area contributed by atoms with Gasteiger partial charge in [0.25, 0.3) is 11.8 Å². The van der Waals surface area contributed by atoms with Crippen molar-refractivity contribution in [3.8, 4) is 5.69 Å². The number of benzene rings is 1. The molecular formula is C26H21F3N8O6. The van der Waals surface area contributed by atoms with Crippen LogP contribution in [0.5, 0.6) is 0 Å². The van der Waals surface area contributed by atoms with Gasteiger partial charge in [0.15, 0.2) is 5.69 Å². The molecule has 14 nitrogen and oxygen atoms in total. The summed E-state index contributed by atoms with van der Waals surface area (Å²) in [6.07, 6.45) is 0.418. The average molecular weight is 598 g/mol. The Morgan fingerprint density at radius 1 is 1.12 bits per heavy atom. The molecule has 3 aromatic heterocycles. The molecule has 1 unspecified atom stereocenters. The molecule has 222 valence electrons. The zero-order valence-corrected chi connectivity index (χ0v) is 22.1. The monoisotopic (exact) mass is 598 g/mol. The number of nitrogens with zero attached hydrogens (tertiary/aromatic N) is 6. The van der Waals surface area contributed by atoms with Crippen molar-refractivity contribution in [3.05, 3.63) is 71.6 Å². The van der Waals surface area contributed by atoms with Gasteiger partial charge in [-0.15, -0.1) is 5.10 Å². The van der Waals surface area contributed by atoms with E-state index in [1.807, 2.05) is 17.4 Å². The number of imide groups is 1. The number of carboxylic acid groups (broad SMARTS) is 1. The molecule has 43 heavy (non-hydrogen) atoms. The normalized spacial score (nSPS) is 16.4. The molecular weight excluding hydrogens is 577 g/mol. The molecule has 4 amide bonds. The number of imidazole rings is 1. The molecule has 1 aromatic carbocycles. The molecule has 5 heterocycles. The minimum Gasteiger partial charge on any atom is -0.475 e. The van der Waals surface area contributed by atoms with E-state index in [1.54, 1.807) is 36.7 Å². The molecule has 2 aliphatic heterocycles. The van der Waals surface area contributed by atoms with Gasteiger partial charge in [0.05, 0.1) is 29.3 Å². The first-order chi connectivity index (χ1) is 20.3. The van der Waals surface area contributed by atoms with Crippen LogP contribution in [-0.4, -0.2) is 76.2 Å². The van der Waals surface area contributed by atoms with Crippen LogP contribution in [-0.2, 0) is 20.9 Å². The minimum atomic E-state index is -5.08. The number of aryl methyl sites for hydroxylation is 1. The maximum Gasteiger partial charge on any atom is 0.490 e. The molecule has 0 spiro atoms. The lowest BCUT2D eigenvalue weighted by molar-refractivity contribution is -0.192. The van der Waals surface area contributed by atoms with E-state index in [9.17, 15) is 32.3 Å². The highest BCUT2D eigenvalue weighted by Gasteiger charge is 2.39. The number of piperidine rings is 1. The van der Waals surface area contributed by atoms with Crippen molar-refractivity contribution in [3.63, 3.8) is 0 Å². The highest BCUT2D eigenvalue weighted by atomic mass is 19.4. The van der Waals surface area contributed by atoms with Gasteiger partial charge < -0.3 is 19.7 Å². The highest BCUT2D eigenvalue weighted by Crippen LogP contribution is 2.29. The van der Waals surface area contributed by atoms with Crippen LogP contribution in [0.2, 0.25) is 0 Å². The molecule has 1 fully saturated rings. The molecule has 6 rings (SSSR count). The van der Waals surface area contributed by atoms with Gasteiger partial charge in [-0.2, -0.15) is 13.2 Å². The maximum atomic E-state index is 13.1. The van der Waals surface area contributed by atoms with Crippen LogP contribution >= 0.6 is 0 Å². The number of hydrogen-bond donors (Lipinski definition) is 3.